The maximum Gasteiger partial charge on any atom is 0.157 e. The maximum absolute atomic E-state index is 5.65. The average Bonchev–Trinajstić information content (AvgIpc) is 2.32. The minimum atomic E-state index is 0.305. The van der Waals surface area contributed by atoms with Gasteiger partial charge in [0.05, 0.1) is 5.69 Å². The number of nitrogens with zero attached hydrogens (tertiary/aromatic N) is 1. The minimum absolute atomic E-state index is 0.305. The molecule has 1 rings (SSSR count). The van der Waals surface area contributed by atoms with Gasteiger partial charge in [-0.3, -0.25) is 0 Å². The van der Waals surface area contributed by atoms with E-state index >= 15 is 0 Å². The van der Waals surface area contributed by atoms with Crippen LogP contribution >= 0.6 is 12.8 Å². The Labute approximate surface area is 70.2 Å². The van der Waals surface area contributed by atoms with E-state index in [0.717, 1.165) is 5.56 Å². The Hall–Kier alpha value is -1.10. The van der Waals surface area contributed by atoms with Crippen LogP contribution in [0, 0.1) is 6.92 Å². The fourth-order valence-corrected chi connectivity index (χ4v) is 0.895. The molecule has 0 amide bonds. The Morgan fingerprint density at radius 2 is 2.36 bits per heavy atom. The van der Waals surface area contributed by atoms with Crippen LogP contribution in [0.4, 0.5) is 5.69 Å². The number of nitrogens with two attached hydrogens (primary N) is 2. The Morgan fingerprint density at radius 1 is 1.73 bits per heavy atom. The summed E-state index contributed by atoms with van der Waals surface area (Å²) in [6.07, 6.45) is 1.77. The number of aromatic nitrogens is 1. The normalized spacial score (nSPS) is 12.0. The van der Waals surface area contributed by atoms with Crippen molar-refractivity contribution in [2.24, 2.45) is 10.1 Å². The minimum Gasteiger partial charge on any atom is -0.397 e. The van der Waals surface area contributed by atoms with E-state index in [1.165, 1.54) is 0 Å². The summed E-state index contributed by atoms with van der Waals surface area (Å²) >= 11 is 3.67. The molecule has 5 N–H and O–H groups in total. The number of amidine groups is 1. The monoisotopic (exact) mass is 170 g/mol. The molecule has 0 spiro atoms. The van der Waals surface area contributed by atoms with Crippen LogP contribution in [0.5, 0.6) is 0 Å². The van der Waals surface area contributed by atoms with Gasteiger partial charge in [0.25, 0.3) is 0 Å². The number of hydrogen-bond donors (Lipinski definition) is 4. The van der Waals surface area contributed by atoms with Crippen LogP contribution in [-0.2, 0) is 0 Å². The summed E-state index contributed by atoms with van der Waals surface area (Å²) in [6, 6.07) is 0. The van der Waals surface area contributed by atoms with Crippen molar-refractivity contribution >= 4 is 24.3 Å². The maximum atomic E-state index is 5.65. The number of nitrogen functional groups attached to an aromatic ring is 1. The fraction of sp³-hybridized carbons (Fsp3) is 0.167. The predicted molar refractivity (Wildman–Crippen MR) is 49.7 cm³/mol. The van der Waals surface area contributed by atoms with Gasteiger partial charge in [-0.15, -0.1) is 0 Å². The van der Waals surface area contributed by atoms with Crippen molar-refractivity contribution in [3.05, 3.63) is 17.5 Å². The zero-order valence-corrected chi connectivity index (χ0v) is 7.02. The standard InChI is InChI=1S/C6H10N4S/c1-3-2-9-5(4(3)7)6(8)10-11/h2,9,11H,7H2,1H3,(H2,8,10). The molecule has 4 nitrogen and oxygen atoms in total. The van der Waals surface area contributed by atoms with Crippen LogP contribution in [0.3, 0.4) is 0 Å². The highest BCUT2D eigenvalue weighted by Gasteiger charge is 2.06. The van der Waals surface area contributed by atoms with Gasteiger partial charge in [-0.2, -0.15) is 0 Å². The molecule has 0 unspecified atom stereocenters. The van der Waals surface area contributed by atoms with Crippen LogP contribution in [0.25, 0.3) is 0 Å². The highest BCUT2D eigenvalue weighted by molar-refractivity contribution is 7.79. The van der Waals surface area contributed by atoms with E-state index < -0.39 is 0 Å². The number of aromatic amines is 1. The first-order chi connectivity index (χ1) is 5.16. The molecule has 0 saturated heterocycles. The second kappa shape index (κ2) is 2.87. The molecule has 1 aromatic heterocycles. The number of anilines is 1. The van der Waals surface area contributed by atoms with E-state index in [0.29, 0.717) is 17.2 Å². The van der Waals surface area contributed by atoms with E-state index in [4.69, 9.17) is 11.5 Å². The Bertz CT molecular complexity index is 289. The van der Waals surface area contributed by atoms with Crippen molar-refractivity contribution in [3.63, 3.8) is 0 Å². The second-order valence-electron chi connectivity index (χ2n) is 2.25. The third-order valence-corrected chi connectivity index (χ3v) is 1.71. The number of aryl methyl sites for hydroxylation is 1. The first kappa shape index (κ1) is 8.00. The number of hydrogen-bond acceptors (Lipinski definition) is 3. The van der Waals surface area contributed by atoms with Gasteiger partial charge in [0.1, 0.15) is 5.69 Å². The summed E-state index contributed by atoms with van der Waals surface area (Å²) in [5, 5.41) is 0. The highest BCUT2D eigenvalue weighted by Crippen LogP contribution is 2.14. The molecule has 11 heavy (non-hydrogen) atoms. The molecule has 5 heteroatoms. The van der Waals surface area contributed by atoms with Crippen molar-refractivity contribution in [1.29, 1.82) is 0 Å². The highest BCUT2D eigenvalue weighted by atomic mass is 32.1. The third-order valence-electron chi connectivity index (χ3n) is 1.49. The summed E-state index contributed by atoms with van der Waals surface area (Å²) in [6.45, 7) is 1.89. The third kappa shape index (κ3) is 1.32. The van der Waals surface area contributed by atoms with E-state index in [1.807, 2.05) is 6.92 Å². The largest absolute Gasteiger partial charge is 0.397 e. The zero-order chi connectivity index (χ0) is 8.43. The summed E-state index contributed by atoms with van der Waals surface area (Å²) in [7, 11) is 0. The molecule has 0 aliphatic carbocycles. The average molecular weight is 170 g/mol. The summed E-state index contributed by atoms with van der Waals surface area (Å²) in [4.78, 5) is 2.89. The zero-order valence-electron chi connectivity index (χ0n) is 6.13. The Balaban J connectivity index is 3.15. The van der Waals surface area contributed by atoms with Crippen LogP contribution in [0.1, 0.15) is 11.3 Å². The lowest BCUT2D eigenvalue weighted by molar-refractivity contribution is 1.34. The van der Waals surface area contributed by atoms with Crippen molar-refractivity contribution in [3.8, 4) is 0 Å². The molecule has 0 aromatic carbocycles. The first-order valence-electron chi connectivity index (χ1n) is 3.08. The Kier molecular flexibility index (Phi) is 2.09. The van der Waals surface area contributed by atoms with Crippen LogP contribution < -0.4 is 11.5 Å². The first-order valence-corrected chi connectivity index (χ1v) is 3.48. The molecule has 1 aromatic rings. The lowest BCUT2D eigenvalue weighted by Crippen LogP contribution is -2.14. The number of thiol groups is 1. The van der Waals surface area contributed by atoms with Gasteiger partial charge in [-0.25, -0.2) is 4.40 Å². The van der Waals surface area contributed by atoms with Crippen LogP contribution in [0.2, 0.25) is 0 Å². The summed E-state index contributed by atoms with van der Waals surface area (Å²) in [5.74, 6) is 0.305. The summed E-state index contributed by atoms with van der Waals surface area (Å²) in [5.41, 5.74) is 13.3. The van der Waals surface area contributed by atoms with Gasteiger partial charge in [0.2, 0.25) is 0 Å². The van der Waals surface area contributed by atoms with E-state index in [9.17, 15) is 0 Å². The van der Waals surface area contributed by atoms with Gasteiger partial charge in [-0.05, 0) is 25.3 Å². The molecular weight excluding hydrogens is 160 g/mol. The molecule has 0 aliphatic rings. The molecule has 1 heterocycles. The Morgan fingerprint density at radius 3 is 2.73 bits per heavy atom. The molecule has 60 valence electrons. The smallest absolute Gasteiger partial charge is 0.157 e. The number of H-pyrrole nitrogens is 1. The molecule has 0 fully saturated rings. The van der Waals surface area contributed by atoms with E-state index in [2.05, 4.69) is 22.2 Å². The van der Waals surface area contributed by atoms with Crippen LogP contribution in [-0.4, -0.2) is 10.8 Å². The van der Waals surface area contributed by atoms with Gasteiger partial charge in [0, 0.05) is 6.20 Å². The van der Waals surface area contributed by atoms with Gasteiger partial charge in [-0.1, -0.05) is 0 Å². The fourth-order valence-electron chi connectivity index (χ4n) is 0.795. The van der Waals surface area contributed by atoms with Gasteiger partial charge >= 0.3 is 0 Å². The molecular formula is C6H10N4S. The predicted octanol–water partition coefficient (Wildman–Crippen LogP) is 0.455. The SMILES string of the molecule is Cc1c[nH]c(/C(N)=N\S)c1N. The van der Waals surface area contributed by atoms with Crippen molar-refractivity contribution in [2.75, 3.05) is 5.73 Å². The van der Waals surface area contributed by atoms with Crippen LogP contribution in [0.15, 0.2) is 10.6 Å². The van der Waals surface area contributed by atoms with Crippen molar-refractivity contribution < 1.29 is 0 Å². The van der Waals surface area contributed by atoms with E-state index in [1.54, 1.807) is 6.20 Å². The lowest BCUT2D eigenvalue weighted by atomic mass is 10.3. The van der Waals surface area contributed by atoms with Crippen molar-refractivity contribution in [1.82, 2.24) is 4.98 Å². The topological polar surface area (TPSA) is 80.2 Å². The molecule has 0 radical (unpaired) electrons. The van der Waals surface area contributed by atoms with Gasteiger partial charge in [0.15, 0.2) is 5.84 Å². The van der Waals surface area contributed by atoms with E-state index in [-0.39, 0.29) is 0 Å². The van der Waals surface area contributed by atoms with Gasteiger partial charge < -0.3 is 16.5 Å². The molecule has 0 saturated carbocycles. The second-order valence-corrected chi connectivity index (χ2v) is 2.45. The molecule has 0 atom stereocenters. The number of nitrogens with one attached hydrogen (secondary N) is 1. The van der Waals surface area contributed by atoms with Crippen molar-refractivity contribution in [2.45, 2.75) is 6.92 Å². The number of rotatable bonds is 1. The molecule has 0 aliphatic heterocycles. The molecule has 0 bridgehead atoms. The quantitative estimate of drug-likeness (QED) is 0.280. The summed E-state index contributed by atoms with van der Waals surface area (Å²) < 4.78 is 3.51. The lowest BCUT2D eigenvalue weighted by Gasteiger charge is -1.96.